The van der Waals surface area contributed by atoms with Gasteiger partial charge >= 0.3 is 0 Å². The molecule has 2 unspecified atom stereocenters. The van der Waals surface area contributed by atoms with Crippen molar-refractivity contribution in [2.45, 2.75) is 45.3 Å². The first kappa shape index (κ1) is 12.6. The van der Waals surface area contributed by atoms with Gasteiger partial charge in [0.15, 0.2) is 0 Å². The van der Waals surface area contributed by atoms with Gasteiger partial charge in [-0.3, -0.25) is 0 Å². The molecule has 1 aromatic rings. The lowest BCUT2D eigenvalue weighted by Gasteiger charge is -2.27. The Morgan fingerprint density at radius 3 is 2.88 bits per heavy atom. The van der Waals surface area contributed by atoms with E-state index in [9.17, 15) is 5.11 Å². The third kappa shape index (κ3) is 3.83. The molecule has 1 saturated carbocycles. The SMILES string of the molecule is Cc1cccc(CNCC2CCCCC2O)c1. The summed E-state index contributed by atoms with van der Waals surface area (Å²) in [5.74, 6) is 0.452. The molecular formula is C15H23NO. The third-order valence-electron chi connectivity index (χ3n) is 3.69. The summed E-state index contributed by atoms with van der Waals surface area (Å²) < 4.78 is 0. The van der Waals surface area contributed by atoms with E-state index in [-0.39, 0.29) is 6.10 Å². The van der Waals surface area contributed by atoms with Crippen LogP contribution in [0.4, 0.5) is 0 Å². The Morgan fingerprint density at radius 2 is 2.12 bits per heavy atom. The van der Waals surface area contributed by atoms with E-state index in [1.807, 2.05) is 0 Å². The Kier molecular flexibility index (Phi) is 4.57. The molecule has 17 heavy (non-hydrogen) atoms. The Balaban J connectivity index is 1.75. The van der Waals surface area contributed by atoms with Crippen LogP contribution in [0.1, 0.15) is 36.8 Å². The molecule has 2 atom stereocenters. The third-order valence-corrected chi connectivity index (χ3v) is 3.69. The lowest BCUT2D eigenvalue weighted by atomic mass is 9.86. The topological polar surface area (TPSA) is 32.3 Å². The fraction of sp³-hybridized carbons (Fsp3) is 0.600. The highest BCUT2D eigenvalue weighted by atomic mass is 16.3. The zero-order valence-corrected chi connectivity index (χ0v) is 10.7. The molecule has 0 radical (unpaired) electrons. The van der Waals surface area contributed by atoms with E-state index in [1.54, 1.807) is 0 Å². The van der Waals surface area contributed by atoms with Crippen LogP contribution in [0.25, 0.3) is 0 Å². The van der Waals surface area contributed by atoms with E-state index >= 15 is 0 Å². The van der Waals surface area contributed by atoms with Crippen molar-refractivity contribution in [1.29, 1.82) is 0 Å². The largest absolute Gasteiger partial charge is 0.393 e. The van der Waals surface area contributed by atoms with Crippen LogP contribution in [-0.2, 0) is 6.54 Å². The van der Waals surface area contributed by atoms with Crippen molar-refractivity contribution in [2.24, 2.45) is 5.92 Å². The standard InChI is InChI=1S/C15H23NO/c1-12-5-4-6-13(9-12)10-16-11-14-7-2-3-8-15(14)17/h4-6,9,14-17H,2-3,7-8,10-11H2,1H3. The summed E-state index contributed by atoms with van der Waals surface area (Å²) in [5, 5.41) is 13.3. The van der Waals surface area contributed by atoms with Crippen LogP contribution in [0.2, 0.25) is 0 Å². The Labute approximate surface area is 104 Å². The average molecular weight is 233 g/mol. The predicted octanol–water partition coefficient (Wildman–Crippen LogP) is 2.64. The van der Waals surface area contributed by atoms with Crippen LogP contribution in [-0.4, -0.2) is 17.8 Å². The van der Waals surface area contributed by atoms with Crippen molar-refractivity contribution in [3.63, 3.8) is 0 Å². The zero-order chi connectivity index (χ0) is 12.1. The summed E-state index contributed by atoms with van der Waals surface area (Å²) in [5.41, 5.74) is 2.64. The quantitative estimate of drug-likeness (QED) is 0.838. The summed E-state index contributed by atoms with van der Waals surface area (Å²) in [4.78, 5) is 0. The molecule has 0 heterocycles. The highest BCUT2D eigenvalue weighted by Crippen LogP contribution is 2.23. The van der Waals surface area contributed by atoms with Gasteiger partial charge in [0.1, 0.15) is 0 Å². The minimum Gasteiger partial charge on any atom is -0.393 e. The van der Waals surface area contributed by atoms with Crippen molar-refractivity contribution in [1.82, 2.24) is 5.32 Å². The lowest BCUT2D eigenvalue weighted by Crippen LogP contribution is -2.33. The van der Waals surface area contributed by atoms with Gasteiger partial charge in [-0.15, -0.1) is 0 Å². The molecular weight excluding hydrogens is 210 g/mol. The molecule has 2 nitrogen and oxygen atoms in total. The van der Waals surface area contributed by atoms with Crippen molar-refractivity contribution in [3.8, 4) is 0 Å². The smallest absolute Gasteiger partial charge is 0.0580 e. The number of aryl methyl sites for hydroxylation is 1. The second-order valence-electron chi connectivity index (χ2n) is 5.23. The Hall–Kier alpha value is -0.860. The summed E-state index contributed by atoms with van der Waals surface area (Å²) in [6.45, 7) is 3.97. The second-order valence-corrected chi connectivity index (χ2v) is 5.23. The summed E-state index contributed by atoms with van der Waals surface area (Å²) >= 11 is 0. The van der Waals surface area contributed by atoms with Gasteiger partial charge in [-0.1, -0.05) is 42.7 Å². The maximum absolute atomic E-state index is 9.87. The first-order chi connectivity index (χ1) is 8.25. The van der Waals surface area contributed by atoms with Gasteiger partial charge in [-0.05, 0) is 31.2 Å². The predicted molar refractivity (Wildman–Crippen MR) is 70.9 cm³/mol. The van der Waals surface area contributed by atoms with Crippen LogP contribution in [0.15, 0.2) is 24.3 Å². The molecule has 0 saturated heterocycles. The van der Waals surface area contributed by atoms with E-state index in [0.29, 0.717) is 5.92 Å². The van der Waals surface area contributed by atoms with E-state index in [2.05, 4.69) is 36.5 Å². The number of rotatable bonds is 4. The van der Waals surface area contributed by atoms with Gasteiger partial charge in [-0.25, -0.2) is 0 Å². The molecule has 0 aromatic heterocycles. The molecule has 1 fully saturated rings. The van der Waals surface area contributed by atoms with Gasteiger partial charge in [-0.2, -0.15) is 0 Å². The number of aliphatic hydroxyl groups is 1. The number of hydrogen-bond donors (Lipinski definition) is 2. The maximum Gasteiger partial charge on any atom is 0.0580 e. The molecule has 2 rings (SSSR count). The van der Waals surface area contributed by atoms with Crippen molar-refractivity contribution >= 4 is 0 Å². The van der Waals surface area contributed by atoms with Gasteiger partial charge in [0.05, 0.1) is 6.10 Å². The van der Waals surface area contributed by atoms with Crippen molar-refractivity contribution in [2.75, 3.05) is 6.54 Å². The van der Waals surface area contributed by atoms with Crippen LogP contribution in [0, 0.1) is 12.8 Å². The average Bonchev–Trinajstić information content (AvgIpc) is 2.32. The first-order valence-corrected chi connectivity index (χ1v) is 6.70. The van der Waals surface area contributed by atoms with Crippen LogP contribution in [0.3, 0.4) is 0 Å². The number of nitrogens with one attached hydrogen (secondary N) is 1. The fourth-order valence-electron chi connectivity index (χ4n) is 2.65. The van der Waals surface area contributed by atoms with Gasteiger partial charge in [0, 0.05) is 13.1 Å². The number of hydrogen-bond acceptors (Lipinski definition) is 2. The molecule has 2 N–H and O–H groups in total. The molecule has 0 amide bonds. The van der Waals surface area contributed by atoms with Crippen LogP contribution < -0.4 is 5.32 Å². The van der Waals surface area contributed by atoms with Gasteiger partial charge in [0.2, 0.25) is 0 Å². The summed E-state index contributed by atoms with van der Waals surface area (Å²) in [7, 11) is 0. The van der Waals surface area contributed by atoms with E-state index < -0.39 is 0 Å². The lowest BCUT2D eigenvalue weighted by molar-refractivity contribution is 0.0695. The monoisotopic (exact) mass is 233 g/mol. The molecule has 0 aliphatic heterocycles. The van der Waals surface area contributed by atoms with Gasteiger partial charge in [0.25, 0.3) is 0 Å². The van der Waals surface area contributed by atoms with E-state index in [0.717, 1.165) is 19.5 Å². The molecule has 94 valence electrons. The van der Waals surface area contributed by atoms with Crippen LogP contribution >= 0.6 is 0 Å². The Bertz CT molecular complexity index is 351. The minimum absolute atomic E-state index is 0.0891. The molecule has 2 heteroatoms. The molecule has 1 aliphatic carbocycles. The number of benzene rings is 1. The molecule has 0 bridgehead atoms. The highest BCUT2D eigenvalue weighted by Gasteiger charge is 2.22. The zero-order valence-electron chi connectivity index (χ0n) is 10.7. The van der Waals surface area contributed by atoms with E-state index in [1.165, 1.54) is 30.4 Å². The number of aliphatic hydroxyl groups excluding tert-OH is 1. The molecule has 1 aliphatic rings. The highest BCUT2D eigenvalue weighted by molar-refractivity contribution is 5.21. The fourth-order valence-corrected chi connectivity index (χ4v) is 2.65. The van der Waals surface area contributed by atoms with E-state index in [4.69, 9.17) is 0 Å². The van der Waals surface area contributed by atoms with Crippen molar-refractivity contribution in [3.05, 3.63) is 35.4 Å². The molecule has 1 aromatic carbocycles. The first-order valence-electron chi connectivity index (χ1n) is 6.70. The normalized spacial score (nSPS) is 24.8. The molecule has 0 spiro atoms. The van der Waals surface area contributed by atoms with Gasteiger partial charge < -0.3 is 10.4 Å². The summed E-state index contributed by atoms with van der Waals surface area (Å²) in [6.07, 6.45) is 4.52. The minimum atomic E-state index is -0.0891. The second kappa shape index (κ2) is 6.18. The van der Waals surface area contributed by atoms with Crippen LogP contribution in [0.5, 0.6) is 0 Å². The Morgan fingerprint density at radius 1 is 1.29 bits per heavy atom. The maximum atomic E-state index is 9.87. The van der Waals surface area contributed by atoms with Crippen molar-refractivity contribution < 1.29 is 5.11 Å². The summed E-state index contributed by atoms with van der Waals surface area (Å²) in [6, 6.07) is 8.58.